The highest BCUT2D eigenvalue weighted by Gasteiger charge is 2.12. The lowest BCUT2D eigenvalue weighted by atomic mass is 10.1. The Bertz CT molecular complexity index is 1540. The zero-order valence-corrected chi connectivity index (χ0v) is 19.9. The molecule has 0 spiro atoms. The van der Waals surface area contributed by atoms with Gasteiger partial charge in [-0.3, -0.25) is 10.3 Å². The molecule has 5 rings (SSSR count). The maximum atomic E-state index is 12.4. The van der Waals surface area contributed by atoms with Crippen molar-refractivity contribution >= 4 is 33.5 Å². The van der Waals surface area contributed by atoms with Gasteiger partial charge < -0.3 is 18.9 Å². The van der Waals surface area contributed by atoms with Gasteiger partial charge in [-0.15, -0.1) is 0 Å². The number of carbonyl (C=O) groups is 1. The topological polar surface area (TPSA) is 78.9 Å². The molecular weight excluding hydrogens is 456 g/mol. The van der Waals surface area contributed by atoms with E-state index in [-0.39, 0.29) is 6.61 Å². The first-order chi connectivity index (χ1) is 17.6. The number of hydrogen-bond acceptors (Lipinski definition) is 6. The molecule has 0 aliphatic rings. The fourth-order valence-corrected chi connectivity index (χ4v) is 3.97. The van der Waals surface area contributed by atoms with Crippen LogP contribution in [0, 0.1) is 0 Å². The maximum absolute atomic E-state index is 12.4. The number of anilines is 1. The van der Waals surface area contributed by atoms with Crippen LogP contribution in [0.4, 0.5) is 10.5 Å². The average molecular weight is 481 g/mol. The molecule has 36 heavy (non-hydrogen) atoms. The third kappa shape index (κ3) is 4.86. The highest BCUT2D eigenvalue weighted by atomic mass is 16.5. The van der Waals surface area contributed by atoms with E-state index in [4.69, 9.17) is 18.9 Å². The number of carbonyl (C=O) groups excluding carboxylic acids is 1. The Kier molecular flexibility index (Phi) is 6.53. The molecule has 1 aromatic heterocycles. The molecule has 0 aliphatic heterocycles. The summed E-state index contributed by atoms with van der Waals surface area (Å²) in [5.74, 6) is 2.48. The highest BCUT2D eigenvalue weighted by molar-refractivity contribution is 6.00. The summed E-state index contributed by atoms with van der Waals surface area (Å²) in [6.45, 7) is 0.200. The third-order valence-corrected chi connectivity index (χ3v) is 5.74. The third-order valence-electron chi connectivity index (χ3n) is 5.74. The van der Waals surface area contributed by atoms with Crippen LogP contribution in [0.1, 0.15) is 5.56 Å². The summed E-state index contributed by atoms with van der Waals surface area (Å²) >= 11 is 0. The van der Waals surface area contributed by atoms with Crippen LogP contribution in [0.2, 0.25) is 0 Å². The number of amides is 1. The predicted octanol–water partition coefficient (Wildman–Crippen LogP) is 6.95. The SMILES string of the molecule is COc1cc2nccc(Oc3ccc4c(NC(=O)OCc5ccccc5)cccc4c3)c2cc1OC. The molecule has 0 radical (unpaired) electrons. The minimum Gasteiger partial charge on any atom is -0.493 e. The van der Waals surface area contributed by atoms with Crippen LogP contribution in [0.5, 0.6) is 23.0 Å². The number of rotatable bonds is 7. The van der Waals surface area contributed by atoms with Crippen LogP contribution in [0.3, 0.4) is 0 Å². The van der Waals surface area contributed by atoms with Gasteiger partial charge in [0.2, 0.25) is 0 Å². The Labute approximate surface area is 208 Å². The molecule has 0 aliphatic carbocycles. The Morgan fingerprint density at radius 3 is 2.42 bits per heavy atom. The summed E-state index contributed by atoms with van der Waals surface area (Å²) < 4.78 is 22.4. The van der Waals surface area contributed by atoms with Crippen LogP contribution in [0.25, 0.3) is 21.7 Å². The van der Waals surface area contributed by atoms with Crippen molar-refractivity contribution in [3.63, 3.8) is 0 Å². The van der Waals surface area contributed by atoms with Gasteiger partial charge in [0.05, 0.1) is 25.4 Å². The molecule has 180 valence electrons. The van der Waals surface area contributed by atoms with Crippen molar-refractivity contribution in [2.75, 3.05) is 19.5 Å². The average Bonchev–Trinajstić information content (AvgIpc) is 2.92. The van der Waals surface area contributed by atoms with Crippen LogP contribution >= 0.6 is 0 Å². The number of pyridine rings is 1. The van der Waals surface area contributed by atoms with E-state index in [1.54, 1.807) is 26.5 Å². The second kappa shape index (κ2) is 10.2. The summed E-state index contributed by atoms with van der Waals surface area (Å²) in [7, 11) is 3.18. The number of aromatic nitrogens is 1. The zero-order valence-electron chi connectivity index (χ0n) is 19.9. The molecule has 5 aromatic rings. The van der Waals surface area contributed by atoms with Gasteiger partial charge >= 0.3 is 6.09 Å². The van der Waals surface area contributed by atoms with Crippen molar-refractivity contribution < 1.29 is 23.7 Å². The Balaban J connectivity index is 1.37. The molecule has 4 aromatic carbocycles. The number of ether oxygens (including phenoxy) is 4. The molecule has 0 atom stereocenters. The van der Waals surface area contributed by atoms with E-state index >= 15 is 0 Å². The molecular formula is C29H24N2O5. The van der Waals surface area contributed by atoms with Gasteiger partial charge in [0.25, 0.3) is 0 Å². The molecule has 7 heteroatoms. The van der Waals surface area contributed by atoms with E-state index < -0.39 is 6.09 Å². The van der Waals surface area contributed by atoms with E-state index in [1.165, 1.54) is 0 Å². The number of fused-ring (bicyclic) bond motifs is 2. The normalized spacial score (nSPS) is 10.7. The van der Waals surface area contributed by atoms with E-state index in [9.17, 15) is 4.79 Å². The van der Waals surface area contributed by atoms with Gasteiger partial charge in [-0.1, -0.05) is 42.5 Å². The lowest BCUT2D eigenvalue weighted by Crippen LogP contribution is -2.13. The summed E-state index contributed by atoms with van der Waals surface area (Å²) in [4.78, 5) is 16.8. The second-order valence-electron chi connectivity index (χ2n) is 8.01. The van der Waals surface area contributed by atoms with Crippen molar-refractivity contribution in [1.82, 2.24) is 4.98 Å². The first-order valence-corrected chi connectivity index (χ1v) is 11.3. The molecule has 0 fully saturated rings. The summed E-state index contributed by atoms with van der Waals surface area (Å²) in [5, 5.41) is 5.41. The van der Waals surface area contributed by atoms with E-state index in [2.05, 4.69) is 10.3 Å². The fraction of sp³-hybridized carbons (Fsp3) is 0.103. The van der Waals surface area contributed by atoms with Crippen molar-refractivity contribution in [2.45, 2.75) is 6.61 Å². The van der Waals surface area contributed by atoms with Crippen molar-refractivity contribution in [3.8, 4) is 23.0 Å². The van der Waals surface area contributed by atoms with Gasteiger partial charge in [0, 0.05) is 23.0 Å². The van der Waals surface area contributed by atoms with Gasteiger partial charge in [0.1, 0.15) is 18.1 Å². The standard InChI is InChI=1S/C29H24N2O5/c1-33-27-16-23-25(17-28(27)34-2)30-14-13-26(23)36-21-11-12-22-20(15-21)9-6-10-24(22)31-29(32)35-18-19-7-4-3-5-8-19/h3-17H,18H2,1-2H3,(H,31,32). The minimum atomic E-state index is -0.515. The van der Waals surface area contributed by atoms with Crippen molar-refractivity contribution in [1.29, 1.82) is 0 Å². The second-order valence-corrected chi connectivity index (χ2v) is 8.01. The van der Waals surface area contributed by atoms with Gasteiger partial charge in [-0.25, -0.2) is 4.79 Å². The first kappa shape index (κ1) is 23.0. The largest absolute Gasteiger partial charge is 0.493 e. The Hall–Kier alpha value is -4.78. The van der Waals surface area contributed by atoms with Crippen molar-refractivity contribution in [2.24, 2.45) is 0 Å². The quantitative estimate of drug-likeness (QED) is 0.272. The van der Waals surface area contributed by atoms with Gasteiger partial charge in [-0.05, 0) is 47.3 Å². The number of nitrogens with zero attached hydrogens (tertiary/aromatic N) is 1. The summed E-state index contributed by atoms with van der Waals surface area (Å²) in [5.41, 5.74) is 2.31. The van der Waals surface area contributed by atoms with E-state index in [1.807, 2.05) is 78.9 Å². The van der Waals surface area contributed by atoms with Crippen molar-refractivity contribution in [3.05, 3.63) is 96.7 Å². The zero-order chi connectivity index (χ0) is 24.9. The molecule has 0 saturated carbocycles. The molecule has 1 heterocycles. The van der Waals surface area contributed by atoms with E-state index in [0.717, 1.165) is 27.2 Å². The Morgan fingerprint density at radius 1 is 0.806 bits per heavy atom. The minimum absolute atomic E-state index is 0.200. The summed E-state index contributed by atoms with van der Waals surface area (Å²) in [6.07, 6.45) is 1.17. The monoisotopic (exact) mass is 480 g/mol. The number of hydrogen-bond donors (Lipinski definition) is 1. The number of methoxy groups -OCH3 is 2. The van der Waals surface area contributed by atoms with Crippen LogP contribution in [-0.4, -0.2) is 25.3 Å². The number of nitrogens with one attached hydrogen (secondary N) is 1. The first-order valence-electron chi connectivity index (χ1n) is 11.3. The van der Waals surface area contributed by atoms with Crippen LogP contribution < -0.4 is 19.5 Å². The van der Waals surface area contributed by atoms with Crippen LogP contribution in [0.15, 0.2) is 91.1 Å². The maximum Gasteiger partial charge on any atom is 0.411 e. The molecule has 0 bridgehead atoms. The lowest BCUT2D eigenvalue weighted by molar-refractivity contribution is 0.155. The molecule has 0 saturated heterocycles. The summed E-state index contributed by atoms with van der Waals surface area (Å²) in [6, 6.07) is 26.4. The van der Waals surface area contributed by atoms with E-state index in [0.29, 0.717) is 28.7 Å². The molecule has 0 unspecified atom stereocenters. The Morgan fingerprint density at radius 2 is 1.61 bits per heavy atom. The highest BCUT2D eigenvalue weighted by Crippen LogP contribution is 2.37. The smallest absolute Gasteiger partial charge is 0.411 e. The fourth-order valence-electron chi connectivity index (χ4n) is 3.97. The van der Waals surface area contributed by atoms with Crippen LogP contribution in [-0.2, 0) is 11.3 Å². The molecule has 1 N–H and O–H groups in total. The van der Waals surface area contributed by atoms with Gasteiger partial charge in [0.15, 0.2) is 11.5 Å². The molecule has 1 amide bonds. The number of benzene rings is 4. The lowest BCUT2D eigenvalue weighted by Gasteiger charge is -2.13. The predicted molar refractivity (Wildman–Crippen MR) is 139 cm³/mol. The van der Waals surface area contributed by atoms with Gasteiger partial charge in [-0.2, -0.15) is 0 Å². The molecule has 7 nitrogen and oxygen atoms in total.